The first-order valence-electron chi connectivity index (χ1n) is 13.2. The van der Waals surface area contributed by atoms with Crippen molar-refractivity contribution in [3.05, 3.63) is 59.4 Å². The molecule has 2 aromatic heterocycles. The maximum atomic E-state index is 11.3. The van der Waals surface area contributed by atoms with Crippen LogP contribution in [0.5, 0.6) is 5.75 Å². The molecule has 190 valence electrons. The van der Waals surface area contributed by atoms with E-state index in [0.29, 0.717) is 0 Å². The van der Waals surface area contributed by atoms with Gasteiger partial charge in [-0.25, -0.2) is 4.79 Å². The van der Waals surface area contributed by atoms with Crippen molar-refractivity contribution in [1.29, 1.82) is 0 Å². The molecule has 1 aliphatic rings. The second-order valence-electron chi connectivity index (χ2n) is 9.54. The highest BCUT2D eigenvalue weighted by molar-refractivity contribution is 5.99. The van der Waals surface area contributed by atoms with E-state index in [-0.39, 0.29) is 5.56 Å². The highest BCUT2D eigenvalue weighted by atomic mass is 16.5. The van der Waals surface area contributed by atoms with Crippen LogP contribution in [0, 0.1) is 0 Å². The van der Waals surface area contributed by atoms with Gasteiger partial charge in [-0.15, -0.1) is 0 Å². The smallest absolute Gasteiger partial charge is 0.335 e. The molecule has 0 saturated carbocycles. The van der Waals surface area contributed by atoms with Gasteiger partial charge in [0.2, 0.25) is 0 Å². The van der Waals surface area contributed by atoms with Gasteiger partial charge in [-0.3, -0.25) is 4.99 Å². The molecule has 0 bridgehead atoms. The number of nitrogens with one attached hydrogen (secondary N) is 2. The fraction of sp³-hybridized carbons (Fsp3) is 0.400. The Morgan fingerprint density at radius 3 is 2.39 bits per heavy atom. The summed E-state index contributed by atoms with van der Waals surface area (Å²) < 4.78 is 5.60. The number of H-pyrrole nitrogens is 2. The van der Waals surface area contributed by atoms with E-state index in [9.17, 15) is 9.90 Å². The number of carboxylic acid groups (broad SMARTS) is 1. The maximum Gasteiger partial charge on any atom is 0.335 e. The van der Waals surface area contributed by atoms with Crippen LogP contribution in [0.3, 0.4) is 0 Å². The van der Waals surface area contributed by atoms with E-state index in [2.05, 4.69) is 29.0 Å². The van der Waals surface area contributed by atoms with Gasteiger partial charge in [0.25, 0.3) is 0 Å². The molecule has 0 fully saturated rings. The lowest BCUT2D eigenvalue weighted by atomic mass is 10.1. The Balaban J connectivity index is 1.35. The Bertz CT molecular complexity index is 1280. The molecule has 0 spiro atoms. The van der Waals surface area contributed by atoms with Crippen LogP contribution in [-0.4, -0.2) is 33.9 Å². The van der Waals surface area contributed by atoms with Crippen molar-refractivity contribution < 1.29 is 14.6 Å². The average Bonchev–Trinajstić information content (AvgIpc) is 3.60. The summed E-state index contributed by atoms with van der Waals surface area (Å²) in [5.41, 5.74) is 5.68. The SMILES string of the molecule is CCCCCCCCCCCC1=NC(=Cc2[nH]c(-c3cc4ccc(C(=O)O)cc4[nH]3)cc2OC)C=C1. The average molecular weight is 488 g/mol. The van der Waals surface area contributed by atoms with Crippen molar-refractivity contribution in [2.75, 3.05) is 7.11 Å². The van der Waals surface area contributed by atoms with Crippen LogP contribution in [0.2, 0.25) is 0 Å². The summed E-state index contributed by atoms with van der Waals surface area (Å²) in [5, 5.41) is 10.2. The van der Waals surface area contributed by atoms with Crippen molar-refractivity contribution >= 4 is 28.7 Å². The van der Waals surface area contributed by atoms with Crippen LogP contribution in [0.15, 0.2) is 53.2 Å². The molecular formula is C30H37N3O3. The largest absolute Gasteiger partial charge is 0.494 e. The number of aromatic amines is 2. The van der Waals surface area contributed by atoms with Gasteiger partial charge >= 0.3 is 5.97 Å². The third-order valence-corrected chi connectivity index (χ3v) is 6.74. The number of fused-ring (bicyclic) bond motifs is 1. The number of ether oxygens (including phenoxy) is 1. The van der Waals surface area contributed by atoms with Gasteiger partial charge in [-0.1, -0.05) is 64.4 Å². The van der Waals surface area contributed by atoms with E-state index in [1.807, 2.05) is 24.3 Å². The number of methoxy groups -OCH3 is 1. The summed E-state index contributed by atoms with van der Waals surface area (Å²) in [5.74, 6) is -0.204. The fourth-order valence-corrected chi connectivity index (χ4v) is 4.68. The molecule has 6 heteroatoms. The number of unbranched alkanes of at least 4 members (excludes halogenated alkanes) is 8. The molecule has 0 atom stereocenters. The number of allylic oxidation sites excluding steroid dienone is 2. The molecule has 0 saturated heterocycles. The van der Waals surface area contributed by atoms with E-state index in [1.54, 1.807) is 19.2 Å². The zero-order chi connectivity index (χ0) is 25.3. The number of carbonyl (C=O) groups is 1. The Hall–Kier alpha value is -3.54. The van der Waals surface area contributed by atoms with Gasteiger partial charge in [-0.2, -0.15) is 0 Å². The minimum absolute atomic E-state index is 0.259. The molecule has 0 aliphatic carbocycles. The lowest BCUT2D eigenvalue weighted by molar-refractivity contribution is 0.0697. The zero-order valence-corrected chi connectivity index (χ0v) is 21.4. The van der Waals surface area contributed by atoms with Crippen LogP contribution in [0.1, 0.15) is 87.2 Å². The molecule has 3 N–H and O–H groups in total. The maximum absolute atomic E-state index is 11.3. The molecule has 0 unspecified atom stereocenters. The van der Waals surface area contributed by atoms with Crippen molar-refractivity contribution in [1.82, 2.24) is 9.97 Å². The van der Waals surface area contributed by atoms with Crippen LogP contribution in [0.4, 0.5) is 0 Å². The first kappa shape index (κ1) is 25.5. The molecule has 3 aromatic rings. The predicted octanol–water partition coefficient (Wildman–Crippen LogP) is 8.14. The van der Waals surface area contributed by atoms with Crippen molar-refractivity contribution in [2.45, 2.75) is 71.1 Å². The Morgan fingerprint density at radius 1 is 0.944 bits per heavy atom. The highest BCUT2D eigenvalue weighted by Gasteiger charge is 2.13. The minimum atomic E-state index is -0.939. The van der Waals surface area contributed by atoms with E-state index in [1.165, 1.54) is 57.8 Å². The Labute approximate surface area is 213 Å². The molecule has 3 heterocycles. The van der Waals surface area contributed by atoms with Gasteiger partial charge < -0.3 is 19.8 Å². The first-order chi connectivity index (χ1) is 17.6. The predicted molar refractivity (Wildman–Crippen MR) is 148 cm³/mol. The number of benzene rings is 1. The molecule has 6 nitrogen and oxygen atoms in total. The van der Waals surface area contributed by atoms with Crippen LogP contribution in [-0.2, 0) is 0 Å². The van der Waals surface area contributed by atoms with Gasteiger partial charge in [0.1, 0.15) is 5.75 Å². The van der Waals surface area contributed by atoms with Crippen LogP contribution >= 0.6 is 0 Å². The van der Waals surface area contributed by atoms with Crippen molar-refractivity contribution in [2.24, 2.45) is 4.99 Å². The van der Waals surface area contributed by atoms with Crippen molar-refractivity contribution in [3.63, 3.8) is 0 Å². The number of hydrogen-bond acceptors (Lipinski definition) is 3. The molecule has 0 amide bonds. The summed E-state index contributed by atoms with van der Waals surface area (Å²) in [6, 6.07) is 9.03. The number of aromatic nitrogens is 2. The fourth-order valence-electron chi connectivity index (χ4n) is 4.68. The quantitative estimate of drug-likeness (QED) is 0.200. The lowest BCUT2D eigenvalue weighted by Gasteiger charge is -2.02. The first-order valence-corrected chi connectivity index (χ1v) is 13.2. The van der Waals surface area contributed by atoms with Gasteiger partial charge in [-0.05, 0) is 49.3 Å². The highest BCUT2D eigenvalue weighted by Crippen LogP contribution is 2.31. The number of hydrogen-bond donors (Lipinski definition) is 3. The Morgan fingerprint density at radius 2 is 1.67 bits per heavy atom. The second-order valence-corrected chi connectivity index (χ2v) is 9.54. The number of rotatable bonds is 14. The van der Waals surface area contributed by atoms with E-state index in [0.717, 1.165) is 51.6 Å². The van der Waals surface area contributed by atoms with Crippen molar-refractivity contribution in [3.8, 4) is 17.1 Å². The second kappa shape index (κ2) is 12.4. The zero-order valence-electron chi connectivity index (χ0n) is 21.4. The van der Waals surface area contributed by atoms with E-state index >= 15 is 0 Å². The molecule has 1 aliphatic heterocycles. The lowest BCUT2D eigenvalue weighted by Crippen LogP contribution is -1.94. The molecule has 36 heavy (non-hydrogen) atoms. The molecule has 4 rings (SSSR count). The monoisotopic (exact) mass is 487 g/mol. The summed E-state index contributed by atoms with van der Waals surface area (Å²) >= 11 is 0. The van der Waals surface area contributed by atoms with E-state index in [4.69, 9.17) is 9.73 Å². The van der Waals surface area contributed by atoms with Gasteiger partial charge in [0, 0.05) is 22.7 Å². The molecule has 1 aromatic carbocycles. The Kier molecular flexibility index (Phi) is 8.82. The summed E-state index contributed by atoms with van der Waals surface area (Å²) in [6.07, 6.45) is 19.1. The number of nitrogens with zero attached hydrogens (tertiary/aromatic N) is 1. The topological polar surface area (TPSA) is 90.5 Å². The number of aliphatic imine (C=N–C) groups is 1. The minimum Gasteiger partial charge on any atom is -0.494 e. The third-order valence-electron chi connectivity index (χ3n) is 6.74. The van der Waals surface area contributed by atoms with Gasteiger partial charge in [0.15, 0.2) is 0 Å². The van der Waals surface area contributed by atoms with E-state index < -0.39 is 5.97 Å². The number of aromatic carboxylic acids is 1. The van der Waals surface area contributed by atoms with Crippen LogP contribution in [0.25, 0.3) is 28.4 Å². The third kappa shape index (κ3) is 6.56. The molecule has 0 radical (unpaired) electrons. The van der Waals surface area contributed by atoms with Crippen LogP contribution < -0.4 is 4.74 Å². The summed E-state index contributed by atoms with van der Waals surface area (Å²) in [4.78, 5) is 22.8. The number of carboxylic acids is 1. The molecular weight excluding hydrogens is 450 g/mol. The van der Waals surface area contributed by atoms with Gasteiger partial charge in [0.05, 0.1) is 35.5 Å². The standard InChI is InChI=1S/C30H37N3O3/c1-3-4-5-6-7-8-9-10-11-12-23-15-16-24(31-23)19-28-29(36-2)20-27(33-28)26-17-21-13-14-22(30(34)35)18-25(21)32-26/h13-20,32-33H,3-12H2,1-2H3,(H,34,35). The summed E-state index contributed by atoms with van der Waals surface area (Å²) in [6.45, 7) is 2.26. The summed E-state index contributed by atoms with van der Waals surface area (Å²) in [7, 11) is 1.66. The normalized spacial score (nSPS) is 14.2.